The number of aliphatic hydroxyl groups is 1. The van der Waals surface area contributed by atoms with Crippen LogP contribution >= 0.6 is 0 Å². The van der Waals surface area contributed by atoms with Crippen molar-refractivity contribution in [2.24, 2.45) is 5.92 Å². The summed E-state index contributed by atoms with van der Waals surface area (Å²) in [6, 6.07) is 1.78. The topological polar surface area (TPSA) is 90.2 Å². The first kappa shape index (κ1) is 14.4. The summed E-state index contributed by atoms with van der Waals surface area (Å²) in [4.78, 5) is 0. The van der Waals surface area contributed by atoms with Crippen LogP contribution in [0.3, 0.4) is 0 Å². The van der Waals surface area contributed by atoms with Gasteiger partial charge in [-0.2, -0.15) is 5.26 Å². The van der Waals surface area contributed by atoms with E-state index in [2.05, 4.69) is 4.72 Å². The maximum atomic E-state index is 11.7. The number of rotatable bonds is 5. The molecule has 3 unspecified atom stereocenters. The summed E-state index contributed by atoms with van der Waals surface area (Å²) in [5.74, 6) is -0.0188. The molecule has 0 spiro atoms. The van der Waals surface area contributed by atoms with Crippen molar-refractivity contribution in [1.29, 1.82) is 5.26 Å². The Kier molecular flexibility index (Phi) is 5.37. The maximum absolute atomic E-state index is 11.7. The van der Waals surface area contributed by atoms with Crippen LogP contribution in [0, 0.1) is 17.2 Å². The van der Waals surface area contributed by atoms with Gasteiger partial charge in [0.1, 0.15) is 0 Å². The largest absolute Gasteiger partial charge is 0.393 e. The molecule has 0 aromatic carbocycles. The molecule has 1 aliphatic rings. The van der Waals surface area contributed by atoms with Crippen molar-refractivity contribution in [1.82, 2.24) is 4.72 Å². The summed E-state index contributed by atoms with van der Waals surface area (Å²) in [5.41, 5.74) is 0. The molecule has 2 N–H and O–H groups in total. The van der Waals surface area contributed by atoms with Crippen LogP contribution in [-0.4, -0.2) is 31.4 Å². The Bertz CT molecular complexity index is 375. The van der Waals surface area contributed by atoms with Crippen molar-refractivity contribution < 1.29 is 13.5 Å². The Balaban J connectivity index is 2.52. The van der Waals surface area contributed by atoms with Gasteiger partial charge < -0.3 is 5.11 Å². The fourth-order valence-electron chi connectivity index (χ4n) is 2.13. The van der Waals surface area contributed by atoms with Crippen molar-refractivity contribution in [2.45, 2.75) is 50.4 Å². The van der Waals surface area contributed by atoms with E-state index in [1.807, 2.05) is 0 Å². The molecule has 0 heterocycles. The predicted molar refractivity (Wildman–Crippen MR) is 64.6 cm³/mol. The summed E-state index contributed by atoms with van der Waals surface area (Å²) in [6.45, 7) is 1.91. The molecular weight excluding hydrogens is 240 g/mol. The molecule has 1 saturated carbocycles. The zero-order chi connectivity index (χ0) is 12.9. The Hall–Kier alpha value is -0.640. The zero-order valence-corrected chi connectivity index (χ0v) is 10.9. The number of hydrogen-bond acceptors (Lipinski definition) is 4. The summed E-state index contributed by atoms with van der Waals surface area (Å²) >= 11 is 0. The first-order chi connectivity index (χ1) is 8.01. The van der Waals surface area contributed by atoms with Gasteiger partial charge in [-0.15, -0.1) is 0 Å². The van der Waals surface area contributed by atoms with E-state index >= 15 is 0 Å². The van der Waals surface area contributed by atoms with Gasteiger partial charge >= 0.3 is 0 Å². The van der Waals surface area contributed by atoms with Crippen molar-refractivity contribution in [3.8, 4) is 6.07 Å². The highest BCUT2D eigenvalue weighted by Gasteiger charge is 2.27. The van der Waals surface area contributed by atoms with Gasteiger partial charge in [0.25, 0.3) is 0 Å². The van der Waals surface area contributed by atoms with Gasteiger partial charge in [0.05, 0.1) is 12.2 Å². The second kappa shape index (κ2) is 6.34. The number of nitrogens with one attached hydrogen (secondary N) is 1. The molecule has 0 amide bonds. The first-order valence-corrected chi connectivity index (χ1v) is 7.62. The Morgan fingerprint density at radius 3 is 2.65 bits per heavy atom. The highest BCUT2D eigenvalue weighted by atomic mass is 32.2. The third-order valence-electron chi connectivity index (χ3n) is 3.31. The van der Waals surface area contributed by atoms with Gasteiger partial charge in [-0.1, -0.05) is 19.8 Å². The van der Waals surface area contributed by atoms with Crippen LogP contribution in [0.2, 0.25) is 0 Å². The standard InChI is InChI=1S/C11H20N2O3S/c1-2-10(7-12)17(15,16)13-8-9-5-3-4-6-11(9)14/h9-11,13-14H,2-6,8H2,1H3. The van der Waals surface area contributed by atoms with Crippen LogP contribution in [0.25, 0.3) is 0 Å². The van der Waals surface area contributed by atoms with Crippen LogP contribution in [0.1, 0.15) is 39.0 Å². The first-order valence-electron chi connectivity index (χ1n) is 6.07. The van der Waals surface area contributed by atoms with Gasteiger partial charge in [-0.25, -0.2) is 13.1 Å². The lowest BCUT2D eigenvalue weighted by Crippen LogP contribution is -2.40. The van der Waals surface area contributed by atoms with E-state index in [1.165, 1.54) is 0 Å². The summed E-state index contributed by atoms with van der Waals surface area (Å²) in [5, 5.41) is 17.5. The van der Waals surface area contributed by atoms with Crippen molar-refractivity contribution in [3.05, 3.63) is 0 Å². The molecule has 1 fully saturated rings. The van der Waals surface area contributed by atoms with E-state index in [-0.39, 0.29) is 18.9 Å². The van der Waals surface area contributed by atoms with Crippen molar-refractivity contribution in [3.63, 3.8) is 0 Å². The lowest BCUT2D eigenvalue weighted by atomic mass is 9.87. The van der Waals surface area contributed by atoms with Gasteiger partial charge in [-0.05, 0) is 25.2 Å². The molecule has 6 heteroatoms. The van der Waals surface area contributed by atoms with Crippen molar-refractivity contribution in [2.75, 3.05) is 6.54 Å². The molecule has 98 valence electrons. The number of nitriles is 1. The maximum Gasteiger partial charge on any atom is 0.227 e. The van der Waals surface area contributed by atoms with Crippen LogP contribution in [0.5, 0.6) is 0 Å². The minimum atomic E-state index is -3.57. The van der Waals surface area contributed by atoms with E-state index in [0.29, 0.717) is 0 Å². The summed E-state index contributed by atoms with van der Waals surface area (Å²) < 4.78 is 25.9. The smallest absolute Gasteiger partial charge is 0.227 e. The highest BCUT2D eigenvalue weighted by molar-refractivity contribution is 7.90. The van der Waals surface area contributed by atoms with Crippen LogP contribution < -0.4 is 4.72 Å². The number of sulfonamides is 1. The van der Waals surface area contributed by atoms with E-state index in [9.17, 15) is 13.5 Å². The lowest BCUT2D eigenvalue weighted by molar-refractivity contribution is 0.0724. The van der Waals surface area contributed by atoms with Crippen LogP contribution in [-0.2, 0) is 10.0 Å². The van der Waals surface area contributed by atoms with Crippen molar-refractivity contribution >= 4 is 10.0 Å². The zero-order valence-electron chi connectivity index (χ0n) is 10.1. The lowest BCUT2D eigenvalue weighted by Gasteiger charge is -2.27. The Morgan fingerprint density at radius 2 is 2.12 bits per heavy atom. The predicted octanol–water partition coefficient (Wildman–Crippen LogP) is 0.759. The molecule has 5 nitrogen and oxygen atoms in total. The molecule has 0 bridgehead atoms. The summed E-state index contributed by atoms with van der Waals surface area (Å²) in [7, 11) is -3.57. The molecule has 0 radical (unpaired) electrons. The Labute approximate surface area is 103 Å². The van der Waals surface area contributed by atoms with E-state index in [1.54, 1.807) is 13.0 Å². The fourth-order valence-corrected chi connectivity index (χ4v) is 3.36. The molecule has 0 aromatic rings. The SMILES string of the molecule is CCC(C#N)S(=O)(=O)NCC1CCCCC1O. The molecule has 0 aliphatic heterocycles. The third-order valence-corrected chi connectivity index (χ3v) is 5.06. The quantitative estimate of drug-likeness (QED) is 0.763. The number of nitrogens with zero attached hydrogens (tertiary/aromatic N) is 1. The van der Waals surface area contributed by atoms with Gasteiger partial charge in [-0.3, -0.25) is 0 Å². The molecule has 0 saturated heterocycles. The molecule has 3 atom stereocenters. The second-order valence-electron chi connectivity index (χ2n) is 4.53. The normalized spacial score (nSPS) is 27.4. The van der Waals surface area contributed by atoms with Crippen LogP contribution in [0.4, 0.5) is 0 Å². The number of hydrogen-bond donors (Lipinski definition) is 2. The highest BCUT2D eigenvalue weighted by Crippen LogP contribution is 2.23. The molecular formula is C11H20N2O3S. The van der Waals surface area contributed by atoms with E-state index in [0.717, 1.165) is 25.7 Å². The van der Waals surface area contributed by atoms with Gasteiger partial charge in [0, 0.05) is 6.54 Å². The third kappa shape index (κ3) is 3.95. The van der Waals surface area contributed by atoms with E-state index < -0.39 is 21.4 Å². The summed E-state index contributed by atoms with van der Waals surface area (Å²) in [6.07, 6.45) is 3.46. The molecule has 1 rings (SSSR count). The monoisotopic (exact) mass is 260 g/mol. The minimum Gasteiger partial charge on any atom is -0.393 e. The van der Waals surface area contributed by atoms with Gasteiger partial charge in [0.15, 0.2) is 5.25 Å². The molecule has 1 aliphatic carbocycles. The fraction of sp³-hybridized carbons (Fsp3) is 0.909. The van der Waals surface area contributed by atoms with Crippen LogP contribution in [0.15, 0.2) is 0 Å². The Morgan fingerprint density at radius 1 is 1.47 bits per heavy atom. The minimum absolute atomic E-state index is 0.0188. The number of aliphatic hydroxyl groups excluding tert-OH is 1. The molecule has 0 aromatic heterocycles. The second-order valence-corrected chi connectivity index (χ2v) is 6.48. The van der Waals surface area contributed by atoms with Gasteiger partial charge in [0.2, 0.25) is 10.0 Å². The molecule has 17 heavy (non-hydrogen) atoms. The average Bonchev–Trinajstić information content (AvgIpc) is 2.29. The van der Waals surface area contributed by atoms with E-state index in [4.69, 9.17) is 5.26 Å². The average molecular weight is 260 g/mol.